The first-order valence-corrected chi connectivity index (χ1v) is 4.87. The fraction of sp³-hybridized carbons (Fsp3) is 0. The zero-order valence-electron chi connectivity index (χ0n) is 8.64. The zero-order chi connectivity index (χ0) is 11.2. The van der Waals surface area contributed by atoms with Crippen molar-refractivity contribution in [2.24, 2.45) is 0 Å². The van der Waals surface area contributed by atoms with Gasteiger partial charge >= 0.3 is 0 Å². The summed E-state index contributed by atoms with van der Waals surface area (Å²) < 4.78 is 0. The van der Waals surface area contributed by atoms with Crippen molar-refractivity contribution in [3.05, 3.63) is 65.5 Å². The molecule has 0 amide bonds. The van der Waals surface area contributed by atoms with E-state index in [0.717, 1.165) is 16.7 Å². The monoisotopic (exact) mass is 203 g/mol. The van der Waals surface area contributed by atoms with Crippen molar-refractivity contribution >= 4 is 0 Å². The third-order valence-electron chi connectivity index (χ3n) is 2.06. The van der Waals surface area contributed by atoms with Gasteiger partial charge in [-0.25, -0.2) is 0 Å². The van der Waals surface area contributed by atoms with Gasteiger partial charge in [-0.2, -0.15) is 0 Å². The lowest BCUT2D eigenvalue weighted by atomic mass is 10.1. The highest BCUT2D eigenvalue weighted by molar-refractivity contribution is 5.46. The van der Waals surface area contributed by atoms with Gasteiger partial charge in [-0.05, 0) is 30.3 Å². The fourth-order valence-corrected chi connectivity index (χ4v) is 1.27. The molecule has 2 aromatic rings. The van der Waals surface area contributed by atoms with Gasteiger partial charge in [0, 0.05) is 29.1 Å². The van der Waals surface area contributed by atoms with Crippen LogP contribution in [0.5, 0.6) is 0 Å². The van der Waals surface area contributed by atoms with E-state index in [9.17, 15) is 0 Å². The maximum absolute atomic E-state index is 5.32. The Kier molecular flexibility index (Phi) is 3.02. The molecule has 0 fully saturated rings. The largest absolute Gasteiger partial charge is 0.265 e. The summed E-state index contributed by atoms with van der Waals surface area (Å²) in [4.78, 5) is 3.93. The Morgan fingerprint density at radius 2 is 1.56 bits per heavy atom. The van der Waals surface area contributed by atoms with Gasteiger partial charge in [-0.3, -0.25) is 4.98 Å². The SMILES string of the molecule is C#Cc1cccc(C#Cc2ccncc2)c1. The second-order valence-corrected chi connectivity index (χ2v) is 3.21. The highest BCUT2D eigenvalue weighted by Gasteiger charge is 1.89. The quantitative estimate of drug-likeness (QED) is 0.599. The first-order chi connectivity index (χ1) is 7.88. The summed E-state index contributed by atoms with van der Waals surface area (Å²) >= 11 is 0. The Labute approximate surface area is 95.2 Å². The van der Waals surface area contributed by atoms with Gasteiger partial charge < -0.3 is 0 Å². The van der Waals surface area contributed by atoms with Crippen LogP contribution >= 0.6 is 0 Å². The maximum atomic E-state index is 5.32. The normalized spacial score (nSPS) is 8.69. The number of hydrogen-bond acceptors (Lipinski definition) is 1. The molecule has 1 heterocycles. The molecule has 16 heavy (non-hydrogen) atoms. The number of nitrogens with zero attached hydrogens (tertiary/aromatic N) is 1. The van der Waals surface area contributed by atoms with Crippen LogP contribution in [-0.4, -0.2) is 4.98 Å². The third kappa shape index (κ3) is 2.50. The van der Waals surface area contributed by atoms with E-state index in [1.807, 2.05) is 36.4 Å². The van der Waals surface area contributed by atoms with Crippen LogP contribution < -0.4 is 0 Å². The van der Waals surface area contributed by atoms with E-state index in [1.54, 1.807) is 12.4 Å². The minimum atomic E-state index is 0.849. The summed E-state index contributed by atoms with van der Waals surface area (Å²) in [5.74, 6) is 8.70. The number of benzene rings is 1. The smallest absolute Gasteiger partial charge is 0.0280 e. The summed E-state index contributed by atoms with van der Waals surface area (Å²) in [5.41, 5.74) is 2.72. The molecule has 0 unspecified atom stereocenters. The zero-order valence-corrected chi connectivity index (χ0v) is 8.64. The molecule has 1 aromatic heterocycles. The van der Waals surface area contributed by atoms with Crippen LogP contribution in [0.2, 0.25) is 0 Å². The molecule has 0 aliphatic carbocycles. The van der Waals surface area contributed by atoms with Gasteiger partial charge in [-0.15, -0.1) is 6.42 Å². The van der Waals surface area contributed by atoms with Gasteiger partial charge in [-0.1, -0.05) is 23.8 Å². The second-order valence-electron chi connectivity index (χ2n) is 3.21. The van der Waals surface area contributed by atoms with Crippen LogP contribution in [0.3, 0.4) is 0 Å². The highest BCUT2D eigenvalue weighted by atomic mass is 14.6. The molecule has 1 heteroatoms. The highest BCUT2D eigenvalue weighted by Crippen LogP contribution is 2.02. The average Bonchev–Trinajstić information content (AvgIpc) is 2.38. The van der Waals surface area contributed by atoms with Crippen LogP contribution in [0.15, 0.2) is 48.8 Å². The molecule has 74 valence electrons. The van der Waals surface area contributed by atoms with Crippen molar-refractivity contribution in [3.63, 3.8) is 0 Å². The Morgan fingerprint density at radius 3 is 2.31 bits per heavy atom. The fourth-order valence-electron chi connectivity index (χ4n) is 1.27. The summed E-state index contributed by atoms with van der Waals surface area (Å²) in [6.45, 7) is 0. The maximum Gasteiger partial charge on any atom is 0.0280 e. The summed E-state index contributed by atoms with van der Waals surface area (Å²) in [6.07, 6.45) is 8.77. The van der Waals surface area contributed by atoms with E-state index in [4.69, 9.17) is 6.42 Å². The minimum absolute atomic E-state index is 0.849. The van der Waals surface area contributed by atoms with Crippen molar-refractivity contribution in [3.8, 4) is 24.2 Å². The van der Waals surface area contributed by atoms with Gasteiger partial charge in [0.2, 0.25) is 0 Å². The molecule has 1 nitrogen and oxygen atoms in total. The van der Waals surface area contributed by atoms with Crippen LogP contribution in [0.25, 0.3) is 0 Å². The van der Waals surface area contributed by atoms with E-state index in [0.29, 0.717) is 0 Å². The molecule has 0 aliphatic heterocycles. The molecule has 0 radical (unpaired) electrons. The lowest BCUT2D eigenvalue weighted by molar-refractivity contribution is 1.32. The lowest BCUT2D eigenvalue weighted by Crippen LogP contribution is -1.78. The minimum Gasteiger partial charge on any atom is -0.265 e. The van der Waals surface area contributed by atoms with Crippen molar-refractivity contribution < 1.29 is 0 Å². The predicted octanol–water partition coefficient (Wildman–Crippen LogP) is 2.46. The Bertz CT molecular complexity index is 580. The van der Waals surface area contributed by atoms with Gasteiger partial charge in [0.25, 0.3) is 0 Å². The van der Waals surface area contributed by atoms with Crippen molar-refractivity contribution in [2.75, 3.05) is 0 Å². The molecule has 0 bridgehead atoms. The molecule has 0 N–H and O–H groups in total. The number of terminal acetylenes is 1. The van der Waals surface area contributed by atoms with Gasteiger partial charge in [0.1, 0.15) is 0 Å². The van der Waals surface area contributed by atoms with E-state index in [-0.39, 0.29) is 0 Å². The lowest BCUT2D eigenvalue weighted by Gasteiger charge is -1.91. The Morgan fingerprint density at radius 1 is 0.875 bits per heavy atom. The van der Waals surface area contributed by atoms with Crippen molar-refractivity contribution in [1.82, 2.24) is 4.98 Å². The van der Waals surface area contributed by atoms with Crippen molar-refractivity contribution in [1.29, 1.82) is 0 Å². The first-order valence-electron chi connectivity index (χ1n) is 4.87. The standard InChI is InChI=1S/C15H9N/c1-2-13-4-3-5-15(12-13)7-6-14-8-10-16-11-9-14/h1,3-5,8-12H. The summed E-state index contributed by atoms with van der Waals surface area (Å²) in [7, 11) is 0. The topological polar surface area (TPSA) is 12.9 Å². The molecule has 0 aliphatic rings. The van der Waals surface area contributed by atoms with E-state index < -0.39 is 0 Å². The van der Waals surface area contributed by atoms with E-state index >= 15 is 0 Å². The Balaban J connectivity index is 2.28. The molecule has 0 saturated heterocycles. The van der Waals surface area contributed by atoms with Crippen LogP contribution in [0.1, 0.15) is 16.7 Å². The molecular weight excluding hydrogens is 194 g/mol. The molecule has 1 aromatic carbocycles. The Hall–Kier alpha value is -2.51. The number of hydrogen-bond donors (Lipinski definition) is 0. The third-order valence-corrected chi connectivity index (χ3v) is 2.06. The first kappa shape index (κ1) is 10.0. The van der Waals surface area contributed by atoms with Gasteiger partial charge in [0.15, 0.2) is 0 Å². The van der Waals surface area contributed by atoms with Gasteiger partial charge in [0.05, 0.1) is 0 Å². The number of rotatable bonds is 0. The van der Waals surface area contributed by atoms with Crippen LogP contribution in [0, 0.1) is 24.2 Å². The summed E-state index contributed by atoms with van der Waals surface area (Å²) in [6, 6.07) is 11.4. The molecular formula is C15H9N. The van der Waals surface area contributed by atoms with Crippen molar-refractivity contribution in [2.45, 2.75) is 0 Å². The predicted molar refractivity (Wildman–Crippen MR) is 64.6 cm³/mol. The van der Waals surface area contributed by atoms with Crippen LogP contribution in [-0.2, 0) is 0 Å². The molecule has 2 rings (SSSR count). The van der Waals surface area contributed by atoms with E-state index in [2.05, 4.69) is 22.7 Å². The summed E-state index contributed by atoms with van der Waals surface area (Å²) in [5, 5.41) is 0. The van der Waals surface area contributed by atoms with Crippen LogP contribution in [0.4, 0.5) is 0 Å². The number of pyridine rings is 1. The second kappa shape index (κ2) is 4.82. The molecule has 0 atom stereocenters. The molecule has 0 spiro atoms. The number of aromatic nitrogens is 1. The van der Waals surface area contributed by atoms with E-state index in [1.165, 1.54) is 0 Å². The molecule has 0 saturated carbocycles. The average molecular weight is 203 g/mol.